The van der Waals surface area contributed by atoms with Crippen LogP contribution in [0.4, 0.5) is 11.4 Å². The van der Waals surface area contributed by atoms with Gasteiger partial charge in [0, 0.05) is 36.4 Å². The average Bonchev–Trinajstić information content (AvgIpc) is 3.24. The third kappa shape index (κ3) is 5.60. The van der Waals surface area contributed by atoms with E-state index in [1.807, 2.05) is 31.2 Å². The molecule has 0 saturated heterocycles. The maximum Gasteiger partial charge on any atom is 0.278 e. The summed E-state index contributed by atoms with van der Waals surface area (Å²) in [4.78, 5) is 32.7. The lowest BCUT2D eigenvalue weighted by molar-refractivity contribution is -0.114. The highest BCUT2D eigenvalue weighted by atomic mass is 32.2. The highest BCUT2D eigenvalue weighted by molar-refractivity contribution is 7.98. The third-order valence-corrected chi connectivity index (χ3v) is 5.49. The Bertz CT molecular complexity index is 1260. The number of anilines is 2. The summed E-state index contributed by atoms with van der Waals surface area (Å²) in [6.45, 7) is 3.44. The van der Waals surface area contributed by atoms with E-state index in [0.717, 1.165) is 11.3 Å². The fourth-order valence-corrected chi connectivity index (χ4v) is 3.82. The molecule has 0 aliphatic heterocycles. The van der Waals surface area contributed by atoms with Gasteiger partial charge in [0.2, 0.25) is 5.91 Å². The number of carbonyl (C=O) groups excluding carboxylic acids is 2. The Hall–Kier alpha value is -4.05. The SMILES string of the molecule is CC(=O)Nc1ccc(NC(=O)c2nnn(-c3ccc(C)cc3)c2CSc2ncccn2)cc1. The molecule has 0 atom stereocenters. The van der Waals surface area contributed by atoms with Crippen molar-refractivity contribution >= 4 is 35.0 Å². The van der Waals surface area contributed by atoms with Crippen molar-refractivity contribution in [1.29, 1.82) is 0 Å². The number of hydrogen-bond donors (Lipinski definition) is 2. The molecule has 9 nitrogen and oxygen atoms in total. The number of hydrogen-bond acceptors (Lipinski definition) is 7. The van der Waals surface area contributed by atoms with Crippen molar-refractivity contribution in [1.82, 2.24) is 25.0 Å². The van der Waals surface area contributed by atoms with E-state index in [-0.39, 0.29) is 17.5 Å². The molecular formula is C23H21N7O2S. The van der Waals surface area contributed by atoms with Crippen LogP contribution >= 0.6 is 11.8 Å². The fourth-order valence-electron chi connectivity index (χ4n) is 3.02. The Morgan fingerprint density at radius 2 is 1.58 bits per heavy atom. The molecule has 2 aromatic heterocycles. The Balaban J connectivity index is 1.60. The third-order valence-electron chi connectivity index (χ3n) is 4.60. The zero-order valence-corrected chi connectivity index (χ0v) is 18.8. The number of carbonyl (C=O) groups is 2. The lowest BCUT2D eigenvalue weighted by atomic mass is 10.2. The molecule has 2 N–H and O–H groups in total. The maximum absolute atomic E-state index is 13.1. The van der Waals surface area contributed by atoms with E-state index in [2.05, 4.69) is 30.9 Å². The molecule has 0 aliphatic rings. The molecular weight excluding hydrogens is 438 g/mol. The van der Waals surface area contributed by atoms with Gasteiger partial charge in [-0.2, -0.15) is 0 Å². The van der Waals surface area contributed by atoms with Gasteiger partial charge in [-0.25, -0.2) is 14.6 Å². The van der Waals surface area contributed by atoms with E-state index in [4.69, 9.17) is 0 Å². The molecule has 2 heterocycles. The summed E-state index contributed by atoms with van der Waals surface area (Å²) < 4.78 is 1.66. The zero-order valence-electron chi connectivity index (χ0n) is 18.0. The summed E-state index contributed by atoms with van der Waals surface area (Å²) in [5.41, 5.74) is 3.98. The van der Waals surface area contributed by atoms with Crippen LogP contribution in [0.5, 0.6) is 0 Å². The molecule has 0 spiro atoms. The molecule has 0 bridgehead atoms. The summed E-state index contributed by atoms with van der Waals surface area (Å²) in [5, 5.41) is 14.5. The number of aromatic nitrogens is 5. The van der Waals surface area contributed by atoms with Crippen molar-refractivity contribution < 1.29 is 9.59 Å². The van der Waals surface area contributed by atoms with Crippen LogP contribution in [0.3, 0.4) is 0 Å². The molecule has 166 valence electrons. The normalized spacial score (nSPS) is 10.6. The number of benzene rings is 2. The Labute approximate surface area is 194 Å². The van der Waals surface area contributed by atoms with Gasteiger partial charge in [0.05, 0.1) is 11.4 Å². The first-order valence-corrected chi connectivity index (χ1v) is 11.1. The maximum atomic E-state index is 13.1. The smallest absolute Gasteiger partial charge is 0.278 e. The predicted octanol–water partition coefficient (Wildman–Crippen LogP) is 3.87. The van der Waals surface area contributed by atoms with Gasteiger partial charge in [0.25, 0.3) is 5.91 Å². The second-order valence-electron chi connectivity index (χ2n) is 7.16. The van der Waals surface area contributed by atoms with E-state index in [1.165, 1.54) is 18.7 Å². The van der Waals surface area contributed by atoms with E-state index in [1.54, 1.807) is 47.4 Å². The highest BCUT2D eigenvalue weighted by Crippen LogP contribution is 2.24. The quantitative estimate of drug-likeness (QED) is 0.318. The minimum Gasteiger partial charge on any atom is -0.326 e. The fraction of sp³-hybridized carbons (Fsp3) is 0.130. The minimum atomic E-state index is -0.384. The van der Waals surface area contributed by atoms with Crippen LogP contribution in [0.1, 0.15) is 28.7 Å². The Kier molecular flexibility index (Phi) is 6.75. The second kappa shape index (κ2) is 10.0. The highest BCUT2D eigenvalue weighted by Gasteiger charge is 2.21. The molecule has 0 saturated carbocycles. The first-order valence-electron chi connectivity index (χ1n) is 10.1. The molecule has 0 radical (unpaired) electrons. The summed E-state index contributed by atoms with van der Waals surface area (Å²) >= 11 is 1.39. The lowest BCUT2D eigenvalue weighted by Crippen LogP contribution is -2.15. The summed E-state index contributed by atoms with van der Waals surface area (Å²) in [5.74, 6) is -0.149. The van der Waals surface area contributed by atoms with Gasteiger partial charge < -0.3 is 10.6 Å². The first kappa shape index (κ1) is 22.2. The van der Waals surface area contributed by atoms with Crippen LogP contribution < -0.4 is 10.6 Å². The predicted molar refractivity (Wildman–Crippen MR) is 126 cm³/mol. The van der Waals surface area contributed by atoms with Crippen LogP contribution in [0.25, 0.3) is 5.69 Å². The van der Waals surface area contributed by atoms with Crippen LogP contribution in [0.2, 0.25) is 0 Å². The molecule has 10 heteroatoms. The summed E-state index contributed by atoms with van der Waals surface area (Å²) in [7, 11) is 0. The Morgan fingerprint density at radius 1 is 0.939 bits per heavy atom. The van der Waals surface area contributed by atoms with Crippen LogP contribution in [-0.2, 0) is 10.5 Å². The molecule has 2 amide bonds. The van der Waals surface area contributed by atoms with Gasteiger partial charge in [-0.1, -0.05) is 34.7 Å². The van der Waals surface area contributed by atoms with Crippen LogP contribution in [0, 0.1) is 6.92 Å². The largest absolute Gasteiger partial charge is 0.326 e. The van der Waals surface area contributed by atoms with Crippen LogP contribution in [-0.4, -0.2) is 36.8 Å². The van der Waals surface area contributed by atoms with Gasteiger partial charge >= 0.3 is 0 Å². The average molecular weight is 460 g/mol. The zero-order chi connectivity index (χ0) is 23.2. The molecule has 33 heavy (non-hydrogen) atoms. The molecule has 0 unspecified atom stereocenters. The molecule has 0 aliphatic carbocycles. The number of amides is 2. The lowest BCUT2D eigenvalue weighted by Gasteiger charge is -2.09. The van der Waals surface area contributed by atoms with Crippen molar-refractivity contribution in [2.45, 2.75) is 24.8 Å². The van der Waals surface area contributed by atoms with Gasteiger partial charge in [0.1, 0.15) is 0 Å². The monoisotopic (exact) mass is 459 g/mol. The van der Waals surface area contributed by atoms with E-state index < -0.39 is 0 Å². The van der Waals surface area contributed by atoms with Crippen molar-refractivity contribution in [2.24, 2.45) is 0 Å². The summed E-state index contributed by atoms with van der Waals surface area (Å²) in [6.07, 6.45) is 3.34. The minimum absolute atomic E-state index is 0.163. The van der Waals surface area contributed by atoms with Crippen molar-refractivity contribution in [3.8, 4) is 5.69 Å². The number of thioether (sulfide) groups is 1. The van der Waals surface area contributed by atoms with E-state index in [0.29, 0.717) is 28.0 Å². The van der Waals surface area contributed by atoms with E-state index in [9.17, 15) is 9.59 Å². The molecule has 4 rings (SSSR count). The number of rotatable bonds is 7. The van der Waals surface area contributed by atoms with Gasteiger partial charge in [-0.05, 0) is 49.4 Å². The number of nitrogens with zero attached hydrogens (tertiary/aromatic N) is 5. The van der Waals surface area contributed by atoms with Gasteiger partial charge in [0.15, 0.2) is 10.9 Å². The number of nitrogens with one attached hydrogen (secondary N) is 2. The number of aryl methyl sites for hydroxylation is 1. The molecule has 4 aromatic rings. The topological polar surface area (TPSA) is 115 Å². The molecule has 0 fully saturated rings. The van der Waals surface area contributed by atoms with Crippen molar-refractivity contribution in [2.75, 3.05) is 10.6 Å². The van der Waals surface area contributed by atoms with Gasteiger partial charge in [-0.15, -0.1) is 5.10 Å². The standard InChI is InChI=1S/C23H21N7O2S/c1-15-4-10-19(11-5-15)30-20(14-33-23-24-12-3-13-25-23)21(28-29-30)22(32)27-18-8-6-17(7-9-18)26-16(2)31/h3-13H,14H2,1-2H3,(H,26,31)(H,27,32). The summed E-state index contributed by atoms with van der Waals surface area (Å²) in [6, 6.07) is 16.4. The molecule has 2 aromatic carbocycles. The van der Waals surface area contributed by atoms with Gasteiger partial charge in [-0.3, -0.25) is 9.59 Å². The van der Waals surface area contributed by atoms with Crippen molar-refractivity contribution in [3.63, 3.8) is 0 Å². The van der Waals surface area contributed by atoms with Crippen molar-refractivity contribution in [3.05, 3.63) is 83.9 Å². The Morgan fingerprint density at radius 3 is 2.21 bits per heavy atom. The first-order chi connectivity index (χ1) is 16.0. The second-order valence-corrected chi connectivity index (χ2v) is 8.11. The van der Waals surface area contributed by atoms with E-state index >= 15 is 0 Å². The van der Waals surface area contributed by atoms with Crippen LogP contribution in [0.15, 0.2) is 72.1 Å².